The number of hydrogen-bond donors (Lipinski definition) is 1. The molecule has 0 radical (unpaired) electrons. The monoisotopic (exact) mass is 309 g/mol. The Labute approximate surface area is 133 Å². The fraction of sp³-hybridized carbons (Fsp3) is 0.824. The van der Waals surface area contributed by atoms with Crippen molar-refractivity contribution in [2.75, 3.05) is 13.1 Å². The minimum atomic E-state index is -0.265. The highest BCUT2D eigenvalue weighted by atomic mass is 32.1. The van der Waals surface area contributed by atoms with Crippen LogP contribution < -0.4 is 5.73 Å². The summed E-state index contributed by atoms with van der Waals surface area (Å²) in [6.45, 7) is 11.2. The van der Waals surface area contributed by atoms with Crippen LogP contribution in [0.25, 0.3) is 0 Å². The smallest absolute Gasteiger partial charge is 0.0944 e. The van der Waals surface area contributed by atoms with E-state index in [0.29, 0.717) is 0 Å². The molecule has 1 aromatic heterocycles. The van der Waals surface area contributed by atoms with Gasteiger partial charge in [0.2, 0.25) is 0 Å². The van der Waals surface area contributed by atoms with Gasteiger partial charge in [-0.05, 0) is 46.6 Å². The molecule has 0 spiro atoms. The summed E-state index contributed by atoms with van der Waals surface area (Å²) in [5, 5.41) is 1.27. The Morgan fingerprint density at radius 3 is 2.71 bits per heavy atom. The zero-order chi connectivity index (χ0) is 15.5. The number of hydrogen-bond acceptors (Lipinski definition) is 4. The lowest BCUT2D eigenvalue weighted by Crippen LogP contribution is -2.38. The fourth-order valence-electron chi connectivity index (χ4n) is 3.15. The fourth-order valence-corrected chi connectivity index (χ4v) is 4.26. The second-order valence-electron chi connectivity index (χ2n) is 6.99. The van der Waals surface area contributed by atoms with Gasteiger partial charge in [0.15, 0.2) is 0 Å². The first kappa shape index (κ1) is 16.9. The highest BCUT2D eigenvalue weighted by Gasteiger charge is 2.24. The third-order valence-electron chi connectivity index (χ3n) is 4.37. The quantitative estimate of drug-likeness (QED) is 0.871. The molecule has 1 aliphatic rings. The number of aromatic nitrogens is 1. The molecule has 1 saturated heterocycles. The van der Waals surface area contributed by atoms with E-state index in [4.69, 9.17) is 10.7 Å². The van der Waals surface area contributed by atoms with E-state index in [1.54, 1.807) is 0 Å². The van der Waals surface area contributed by atoms with Gasteiger partial charge in [-0.1, -0.05) is 19.8 Å². The van der Waals surface area contributed by atoms with Crippen LogP contribution in [0.2, 0.25) is 0 Å². The molecule has 1 fully saturated rings. The lowest BCUT2D eigenvalue weighted by atomic mass is 10.0. The molecule has 3 nitrogen and oxygen atoms in total. The predicted octanol–water partition coefficient (Wildman–Crippen LogP) is 3.71. The van der Waals surface area contributed by atoms with Crippen LogP contribution in [0.15, 0.2) is 0 Å². The molecule has 2 rings (SSSR count). The van der Waals surface area contributed by atoms with Gasteiger partial charge in [-0.15, -0.1) is 11.3 Å². The zero-order valence-corrected chi connectivity index (χ0v) is 14.9. The summed E-state index contributed by atoms with van der Waals surface area (Å²) in [5.41, 5.74) is 7.29. The van der Waals surface area contributed by atoms with Crippen LogP contribution in [0.3, 0.4) is 0 Å². The Morgan fingerprint density at radius 1 is 1.33 bits per heavy atom. The van der Waals surface area contributed by atoms with E-state index < -0.39 is 0 Å². The second kappa shape index (κ2) is 7.21. The average molecular weight is 310 g/mol. The predicted molar refractivity (Wildman–Crippen MR) is 91.9 cm³/mol. The maximum Gasteiger partial charge on any atom is 0.0944 e. The van der Waals surface area contributed by atoms with Crippen LogP contribution in [0.1, 0.15) is 69.0 Å². The number of thiazole rings is 1. The molecule has 0 bridgehead atoms. The summed E-state index contributed by atoms with van der Waals surface area (Å²) in [7, 11) is 0. The molecular weight excluding hydrogens is 278 g/mol. The number of rotatable bonds is 6. The van der Waals surface area contributed by atoms with Crippen molar-refractivity contribution in [1.29, 1.82) is 0 Å². The van der Waals surface area contributed by atoms with Crippen LogP contribution in [0, 0.1) is 0 Å². The molecule has 21 heavy (non-hydrogen) atoms. The molecule has 0 aliphatic carbocycles. The largest absolute Gasteiger partial charge is 0.321 e. The molecule has 0 amide bonds. The van der Waals surface area contributed by atoms with E-state index in [0.717, 1.165) is 31.8 Å². The van der Waals surface area contributed by atoms with Gasteiger partial charge < -0.3 is 10.6 Å². The van der Waals surface area contributed by atoms with Crippen molar-refractivity contribution >= 4 is 11.3 Å². The number of nitrogens with zero attached hydrogens (tertiary/aromatic N) is 2. The van der Waals surface area contributed by atoms with Crippen molar-refractivity contribution in [2.24, 2.45) is 5.73 Å². The van der Waals surface area contributed by atoms with Crippen LogP contribution in [0.5, 0.6) is 0 Å². The Hall–Kier alpha value is -0.450. The summed E-state index contributed by atoms with van der Waals surface area (Å²) in [5.74, 6) is 0. The van der Waals surface area contributed by atoms with E-state index in [-0.39, 0.29) is 5.54 Å². The Balaban J connectivity index is 2.03. The molecular formula is C17H31N3S. The SMILES string of the molecule is CCCc1nc(CCN2CCCCC2C)sc1C(C)(C)N. The summed E-state index contributed by atoms with van der Waals surface area (Å²) >= 11 is 1.83. The van der Waals surface area contributed by atoms with Gasteiger partial charge in [-0.2, -0.15) is 0 Å². The van der Waals surface area contributed by atoms with E-state index in [1.165, 1.54) is 41.4 Å². The number of aryl methyl sites for hydroxylation is 1. The maximum atomic E-state index is 6.32. The third kappa shape index (κ3) is 4.51. The number of piperidine rings is 1. The van der Waals surface area contributed by atoms with Crippen LogP contribution in [-0.4, -0.2) is 29.0 Å². The number of likely N-dealkylation sites (tertiary alicyclic amines) is 1. The van der Waals surface area contributed by atoms with Crippen molar-refractivity contribution in [2.45, 2.75) is 77.8 Å². The normalized spacial score (nSPS) is 20.9. The van der Waals surface area contributed by atoms with Crippen LogP contribution in [0.4, 0.5) is 0 Å². The molecule has 0 saturated carbocycles. The van der Waals surface area contributed by atoms with Gasteiger partial charge in [0, 0.05) is 29.4 Å². The minimum absolute atomic E-state index is 0.265. The van der Waals surface area contributed by atoms with E-state index in [2.05, 4.69) is 32.6 Å². The summed E-state index contributed by atoms with van der Waals surface area (Å²) < 4.78 is 0. The van der Waals surface area contributed by atoms with Gasteiger partial charge in [-0.3, -0.25) is 0 Å². The van der Waals surface area contributed by atoms with Crippen LogP contribution >= 0.6 is 11.3 Å². The summed E-state index contributed by atoms with van der Waals surface area (Å²) in [6, 6.07) is 0.735. The minimum Gasteiger partial charge on any atom is -0.321 e. The average Bonchev–Trinajstić information content (AvgIpc) is 2.81. The number of nitrogens with two attached hydrogens (primary N) is 1. The molecule has 120 valence electrons. The molecule has 0 aromatic carbocycles. The molecule has 4 heteroatoms. The van der Waals surface area contributed by atoms with E-state index >= 15 is 0 Å². The second-order valence-corrected chi connectivity index (χ2v) is 8.07. The van der Waals surface area contributed by atoms with Crippen molar-refractivity contribution < 1.29 is 0 Å². The topological polar surface area (TPSA) is 42.2 Å². The Bertz CT molecular complexity index is 447. The van der Waals surface area contributed by atoms with Gasteiger partial charge in [0.1, 0.15) is 0 Å². The molecule has 2 heterocycles. The highest BCUT2D eigenvalue weighted by molar-refractivity contribution is 7.11. The molecule has 1 aliphatic heterocycles. The molecule has 1 unspecified atom stereocenters. The Kier molecular flexibility index (Phi) is 5.81. The molecule has 2 N–H and O–H groups in total. The van der Waals surface area contributed by atoms with Gasteiger partial charge in [0.05, 0.1) is 10.7 Å². The standard InChI is InChI=1S/C17H31N3S/c1-5-8-14-16(17(3,4)18)21-15(19-14)10-12-20-11-7-6-9-13(20)2/h13H,5-12,18H2,1-4H3. The van der Waals surface area contributed by atoms with Crippen molar-refractivity contribution in [3.05, 3.63) is 15.6 Å². The van der Waals surface area contributed by atoms with Crippen LogP contribution in [-0.2, 0) is 18.4 Å². The maximum absolute atomic E-state index is 6.32. The first-order chi connectivity index (χ1) is 9.91. The highest BCUT2D eigenvalue weighted by Crippen LogP contribution is 2.29. The zero-order valence-electron chi connectivity index (χ0n) is 14.1. The van der Waals surface area contributed by atoms with Gasteiger partial charge in [0.25, 0.3) is 0 Å². The Morgan fingerprint density at radius 2 is 2.10 bits per heavy atom. The van der Waals surface area contributed by atoms with Crippen molar-refractivity contribution in [3.8, 4) is 0 Å². The first-order valence-electron chi connectivity index (χ1n) is 8.43. The van der Waals surface area contributed by atoms with Crippen molar-refractivity contribution in [1.82, 2.24) is 9.88 Å². The molecule has 1 atom stereocenters. The third-order valence-corrected chi connectivity index (χ3v) is 5.86. The summed E-state index contributed by atoms with van der Waals surface area (Å²) in [6.07, 6.45) is 7.34. The lowest BCUT2D eigenvalue weighted by Gasteiger charge is -2.33. The van der Waals surface area contributed by atoms with Gasteiger partial charge >= 0.3 is 0 Å². The lowest BCUT2D eigenvalue weighted by molar-refractivity contribution is 0.163. The van der Waals surface area contributed by atoms with E-state index in [1.807, 2.05) is 11.3 Å². The van der Waals surface area contributed by atoms with Gasteiger partial charge in [-0.25, -0.2) is 4.98 Å². The first-order valence-corrected chi connectivity index (χ1v) is 9.25. The summed E-state index contributed by atoms with van der Waals surface area (Å²) in [4.78, 5) is 8.79. The van der Waals surface area contributed by atoms with Crippen molar-refractivity contribution in [3.63, 3.8) is 0 Å². The van der Waals surface area contributed by atoms with E-state index in [9.17, 15) is 0 Å². The molecule has 1 aromatic rings.